The summed E-state index contributed by atoms with van der Waals surface area (Å²) in [7, 11) is 1.66. The summed E-state index contributed by atoms with van der Waals surface area (Å²) in [6.07, 6.45) is 8.50. The zero-order valence-corrected chi connectivity index (χ0v) is 8.33. The lowest BCUT2D eigenvalue weighted by Gasteiger charge is -2.20. The van der Waals surface area contributed by atoms with Crippen LogP contribution in [0.15, 0.2) is 24.0 Å². The van der Waals surface area contributed by atoms with Crippen molar-refractivity contribution < 1.29 is 9.47 Å². The Labute approximate surface area is 83.2 Å². The first-order valence-corrected chi connectivity index (χ1v) is 4.97. The highest BCUT2D eigenvalue weighted by Crippen LogP contribution is 2.29. The molecule has 1 fully saturated rings. The van der Waals surface area contributed by atoms with E-state index in [1.165, 1.54) is 12.8 Å². The molecule has 0 spiro atoms. The van der Waals surface area contributed by atoms with Gasteiger partial charge in [-0.3, -0.25) is 0 Å². The topological polar surface area (TPSA) is 18.5 Å². The molecule has 0 heterocycles. The quantitative estimate of drug-likeness (QED) is 0.651. The molecule has 2 aliphatic carbocycles. The molecule has 2 unspecified atom stereocenters. The van der Waals surface area contributed by atoms with Crippen LogP contribution in [0.25, 0.3) is 0 Å². The van der Waals surface area contributed by atoms with Crippen LogP contribution in [0.5, 0.6) is 0 Å². The van der Waals surface area contributed by atoms with Crippen LogP contribution >= 0.6 is 11.6 Å². The van der Waals surface area contributed by atoms with Gasteiger partial charge in [0, 0.05) is 7.11 Å². The fourth-order valence-electron chi connectivity index (χ4n) is 1.26. The molecule has 0 bridgehead atoms. The van der Waals surface area contributed by atoms with Crippen LogP contribution in [-0.4, -0.2) is 24.7 Å². The highest BCUT2D eigenvalue weighted by Gasteiger charge is 2.26. The maximum absolute atomic E-state index is 5.99. The highest BCUT2D eigenvalue weighted by atomic mass is 35.5. The van der Waals surface area contributed by atoms with Gasteiger partial charge in [-0.05, 0) is 25.0 Å². The summed E-state index contributed by atoms with van der Waals surface area (Å²) < 4.78 is 10.8. The molecule has 0 aliphatic heterocycles. The summed E-state index contributed by atoms with van der Waals surface area (Å²) >= 11 is 5.99. The van der Waals surface area contributed by atoms with Crippen molar-refractivity contribution in [3.63, 3.8) is 0 Å². The van der Waals surface area contributed by atoms with Gasteiger partial charge in [-0.15, -0.1) is 11.6 Å². The zero-order chi connectivity index (χ0) is 9.26. The normalized spacial score (nSPS) is 32.9. The van der Waals surface area contributed by atoms with E-state index in [1.54, 1.807) is 7.11 Å². The Kier molecular flexibility index (Phi) is 2.61. The molecule has 3 heteroatoms. The lowest BCUT2D eigenvalue weighted by atomic mass is 10.1. The second-order valence-electron chi connectivity index (χ2n) is 3.39. The first-order chi connectivity index (χ1) is 6.29. The molecule has 2 nitrogen and oxygen atoms in total. The molecule has 0 aromatic carbocycles. The Hall–Kier alpha value is -0.470. The number of methoxy groups -OCH3 is 1. The van der Waals surface area contributed by atoms with Crippen molar-refractivity contribution in [2.75, 3.05) is 7.11 Å². The maximum Gasteiger partial charge on any atom is 0.118 e. The lowest BCUT2D eigenvalue weighted by molar-refractivity contribution is 0.133. The second-order valence-corrected chi connectivity index (χ2v) is 3.89. The van der Waals surface area contributed by atoms with Crippen molar-refractivity contribution in [3.8, 4) is 0 Å². The van der Waals surface area contributed by atoms with E-state index in [0.717, 1.165) is 5.76 Å². The summed E-state index contributed by atoms with van der Waals surface area (Å²) in [4.78, 5) is 0. The van der Waals surface area contributed by atoms with E-state index in [2.05, 4.69) is 0 Å². The van der Waals surface area contributed by atoms with E-state index in [9.17, 15) is 0 Å². The molecule has 0 radical (unpaired) electrons. The van der Waals surface area contributed by atoms with Crippen LogP contribution in [0.1, 0.15) is 12.8 Å². The molecular weight excluding hydrogens is 188 g/mol. The molecule has 13 heavy (non-hydrogen) atoms. The van der Waals surface area contributed by atoms with Gasteiger partial charge in [-0.2, -0.15) is 0 Å². The molecule has 2 atom stereocenters. The predicted octanol–water partition coefficient (Wildman–Crippen LogP) is 2.24. The minimum Gasteiger partial charge on any atom is -0.491 e. The fourth-order valence-corrected chi connectivity index (χ4v) is 1.51. The molecule has 1 saturated carbocycles. The van der Waals surface area contributed by atoms with Gasteiger partial charge in [-0.25, -0.2) is 0 Å². The summed E-state index contributed by atoms with van der Waals surface area (Å²) in [6, 6.07) is 0. The summed E-state index contributed by atoms with van der Waals surface area (Å²) in [6.45, 7) is 0. The van der Waals surface area contributed by atoms with E-state index >= 15 is 0 Å². The van der Waals surface area contributed by atoms with Crippen LogP contribution in [0, 0.1) is 0 Å². The van der Waals surface area contributed by atoms with Crippen LogP contribution < -0.4 is 0 Å². The van der Waals surface area contributed by atoms with Gasteiger partial charge in [-0.1, -0.05) is 6.08 Å². The van der Waals surface area contributed by atoms with Crippen LogP contribution in [-0.2, 0) is 9.47 Å². The molecule has 0 saturated heterocycles. The first-order valence-electron chi connectivity index (χ1n) is 4.53. The van der Waals surface area contributed by atoms with Gasteiger partial charge in [0.25, 0.3) is 0 Å². The smallest absolute Gasteiger partial charge is 0.118 e. The Morgan fingerprint density at radius 3 is 2.85 bits per heavy atom. The average molecular weight is 201 g/mol. The van der Waals surface area contributed by atoms with Gasteiger partial charge in [0.2, 0.25) is 0 Å². The number of hydrogen-bond donors (Lipinski definition) is 0. The van der Waals surface area contributed by atoms with Crippen molar-refractivity contribution in [2.24, 2.45) is 0 Å². The van der Waals surface area contributed by atoms with E-state index < -0.39 is 0 Å². The molecule has 0 N–H and O–H groups in total. The summed E-state index contributed by atoms with van der Waals surface area (Å²) in [5.74, 6) is 0.895. The van der Waals surface area contributed by atoms with Gasteiger partial charge in [0.05, 0.1) is 17.6 Å². The molecular formula is C10H13ClO2. The zero-order valence-electron chi connectivity index (χ0n) is 7.57. The van der Waals surface area contributed by atoms with Crippen molar-refractivity contribution in [2.45, 2.75) is 30.4 Å². The number of alkyl halides is 1. The minimum absolute atomic E-state index is 0.0552. The third-order valence-electron chi connectivity index (χ3n) is 2.19. The Balaban J connectivity index is 1.98. The van der Waals surface area contributed by atoms with E-state index in [-0.39, 0.29) is 11.5 Å². The van der Waals surface area contributed by atoms with Crippen molar-refractivity contribution >= 4 is 11.6 Å². The van der Waals surface area contributed by atoms with E-state index in [0.29, 0.717) is 6.10 Å². The van der Waals surface area contributed by atoms with Crippen molar-refractivity contribution in [3.05, 3.63) is 24.0 Å². The Bertz CT molecular complexity index is 243. The van der Waals surface area contributed by atoms with Gasteiger partial charge in [0.1, 0.15) is 5.76 Å². The number of rotatable bonds is 3. The molecule has 2 rings (SSSR count). The van der Waals surface area contributed by atoms with Crippen molar-refractivity contribution in [1.29, 1.82) is 0 Å². The Morgan fingerprint density at radius 1 is 1.46 bits per heavy atom. The van der Waals surface area contributed by atoms with Gasteiger partial charge >= 0.3 is 0 Å². The number of hydrogen-bond acceptors (Lipinski definition) is 2. The monoisotopic (exact) mass is 200 g/mol. The number of halogens is 1. The number of allylic oxidation sites excluding steroid dienone is 1. The van der Waals surface area contributed by atoms with Gasteiger partial charge < -0.3 is 9.47 Å². The highest BCUT2D eigenvalue weighted by molar-refractivity contribution is 6.22. The first kappa shape index (κ1) is 9.10. The lowest BCUT2D eigenvalue weighted by Crippen LogP contribution is -2.22. The van der Waals surface area contributed by atoms with Crippen LogP contribution in [0.3, 0.4) is 0 Å². The Morgan fingerprint density at radius 2 is 2.23 bits per heavy atom. The van der Waals surface area contributed by atoms with Crippen LogP contribution in [0.4, 0.5) is 0 Å². The SMILES string of the molecule is COC1C=C(OC2CC2)C=CC1Cl. The predicted molar refractivity (Wildman–Crippen MR) is 51.8 cm³/mol. The third-order valence-corrected chi connectivity index (χ3v) is 2.58. The van der Waals surface area contributed by atoms with E-state index in [1.807, 2.05) is 18.2 Å². The third kappa shape index (κ3) is 2.26. The molecule has 2 aliphatic rings. The second kappa shape index (κ2) is 3.72. The summed E-state index contributed by atoms with van der Waals surface area (Å²) in [5, 5.41) is -0.0726. The van der Waals surface area contributed by atoms with Crippen LogP contribution in [0.2, 0.25) is 0 Å². The molecule has 0 aromatic rings. The number of ether oxygens (including phenoxy) is 2. The average Bonchev–Trinajstić information content (AvgIpc) is 2.92. The molecule has 0 aromatic heterocycles. The standard InChI is InChI=1S/C10H13ClO2/c1-12-10-6-8(4-5-9(10)11)13-7-2-3-7/h4-7,9-10H,2-3H2,1H3. The largest absolute Gasteiger partial charge is 0.491 e. The molecule has 0 amide bonds. The maximum atomic E-state index is 5.99. The van der Waals surface area contributed by atoms with Crippen molar-refractivity contribution in [1.82, 2.24) is 0 Å². The van der Waals surface area contributed by atoms with Gasteiger partial charge in [0.15, 0.2) is 0 Å². The fraction of sp³-hybridized carbons (Fsp3) is 0.600. The summed E-state index contributed by atoms with van der Waals surface area (Å²) in [5.41, 5.74) is 0. The van der Waals surface area contributed by atoms with E-state index in [4.69, 9.17) is 21.1 Å². The molecule has 72 valence electrons. The minimum atomic E-state index is -0.0726.